The van der Waals surface area contributed by atoms with Crippen LogP contribution in [0.15, 0.2) is 82.6 Å². The number of anilines is 1. The summed E-state index contributed by atoms with van der Waals surface area (Å²) in [6, 6.07) is 23.8. The van der Waals surface area contributed by atoms with Gasteiger partial charge in [-0.25, -0.2) is 0 Å². The van der Waals surface area contributed by atoms with E-state index >= 15 is 0 Å². The first-order chi connectivity index (χ1) is 15.0. The Kier molecular flexibility index (Phi) is 6.23. The molecular formula is C26H24N2O2S. The van der Waals surface area contributed by atoms with Crippen molar-refractivity contribution >= 4 is 35.3 Å². The Hall–Kier alpha value is -3.31. The number of carbonyl (C=O) groups is 2. The molecule has 1 aliphatic rings. The molecule has 1 aliphatic heterocycles. The molecule has 0 radical (unpaired) electrons. The summed E-state index contributed by atoms with van der Waals surface area (Å²) < 4.78 is 0. The van der Waals surface area contributed by atoms with E-state index in [1.165, 1.54) is 22.9 Å². The van der Waals surface area contributed by atoms with Gasteiger partial charge in [-0.3, -0.25) is 14.5 Å². The molecule has 0 fully saturated rings. The molecule has 4 nitrogen and oxygen atoms in total. The van der Waals surface area contributed by atoms with E-state index in [1.54, 1.807) is 4.90 Å². The van der Waals surface area contributed by atoms with Crippen LogP contribution in [0.4, 0.5) is 5.69 Å². The van der Waals surface area contributed by atoms with Gasteiger partial charge in [0.1, 0.15) is 6.54 Å². The fourth-order valence-electron chi connectivity index (χ4n) is 3.34. The van der Waals surface area contributed by atoms with Crippen LogP contribution in [-0.4, -0.2) is 18.4 Å². The molecule has 4 rings (SSSR count). The van der Waals surface area contributed by atoms with Crippen molar-refractivity contribution < 1.29 is 9.59 Å². The molecule has 5 heteroatoms. The second-order valence-corrected chi connectivity index (χ2v) is 8.73. The van der Waals surface area contributed by atoms with Crippen molar-refractivity contribution in [3.05, 3.63) is 100.0 Å². The maximum Gasteiger partial charge on any atom is 0.265 e. The summed E-state index contributed by atoms with van der Waals surface area (Å²) in [6.07, 6.45) is 1.89. The molecule has 0 atom stereocenters. The van der Waals surface area contributed by atoms with E-state index in [4.69, 9.17) is 0 Å². The lowest BCUT2D eigenvalue weighted by molar-refractivity contribution is -0.122. The lowest BCUT2D eigenvalue weighted by Crippen LogP contribution is -2.42. The van der Waals surface area contributed by atoms with Crippen LogP contribution in [0, 0.1) is 13.8 Å². The molecule has 0 spiro atoms. The molecule has 3 aromatic carbocycles. The Labute approximate surface area is 187 Å². The molecule has 1 heterocycles. The average Bonchev–Trinajstić information content (AvgIpc) is 2.77. The highest BCUT2D eigenvalue weighted by atomic mass is 32.2. The summed E-state index contributed by atoms with van der Waals surface area (Å²) in [7, 11) is 0. The molecule has 0 aliphatic carbocycles. The molecule has 156 valence electrons. The van der Waals surface area contributed by atoms with Gasteiger partial charge in [0.25, 0.3) is 5.91 Å². The minimum Gasteiger partial charge on any atom is -0.350 e. The number of amides is 2. The van der Waals surface area contributed by atoms with Crippen molar-refractivity contribution in [1.82, 2.24) is 5.32 Å². The van der Waals surface area contributed by atoms with E-state index in [-0.39, 0.29) is 18.4 Å². The predicted octanol–water partition coefficient (Wildman–Crippen LogP) is 5.10. The van der Waals surface area contributed by atoms with Crippen LogP contribution in [0.3, 0.4) is 0 Å². The molecule has 0 unspecified atom stereocenters. The van der Waals surface area contributed by atoms with Crippen molar-refractivity contribution in [2.45, 2.75) is 25.3 Å². The van der Waals surface area contributed by atoms with Crippen LogP contribution in [0.5, 0.6) is 0 Å². The Bertz CT molecular complexity index is 1130. The fourth-order valence-corrected chi connectivity index (χ4v) is 4.40. The van der Waals surface area contributed by atoms with Crippen molar-refractivity contribution in [2.75, 3.05) is 11.4 Å². The smallest absolute Gasteiger partial charge is 0.265 e. The Morgan fingerprint density at radius 3 is 2.29 bits per heavy atom. The highest BCUT2D eigenvalue weighted by Gasteiger charge is 2.30. The molecular weight excluding hydrogens is 404 g/mol. The molecule has 31 heavy (non-hydrogen) atoms. The van der Waals surface area contributed by atoms with Gasteiger partial charge in [0.15, 0.2) is 0 Å². The third-order valence-electron chi connectivity index (χ3n) is 5.12. The minimum atomic E-state index is -0.190. The zero-order chi connectivity index (χ0) is 21.8. The third kappa shape index (κ3) is 5.06. The van der Waals surface area contributed by atoms with E-state index in [1.807, 2.05) is 92.7 Å². The van der Waals surface area contributed by atoms with Gasteiger partial charge in [0.2, 0.25) is 5.91 Å². The van der Waals surface area contributed by atoms with Crippen molar-refractivity contribution in [3.63, 3.8) is 0 Å². The Morgan fingerprint density at radius 1 is 0.935 bits per heavy atom. The largest absolute Gasteiger partial charge is 0.350 e. The average molecular weight is 429 g/mol. The van der Waals surface area contributed by atoms with E-state index in [0.717, 1.165) is 21.7 Å². The van der Waals surface area contributed by atoms with Gasteiger partial charge in [-0.05, 0) is 43.2 Å². The Balaban J connectivity index is 1.53. The minimum absolute atomic E-state index is 0.0203. The fraction of sp³-hybridized carbons (Fsp3) is 0.154. The summed E-state index contributed by atoms with van der Waals surface area (Å²) in [5.74, 6) is -0.347. The Morgan fingerprint density at radius 2 is 1.58 bits per heavy atom. The van der Waals surface area contributed by atoms with Crippen LogP contribution in [0.2, 0.25) is 0 Å². The standard InChI is InChI=1S/C26H24N2O2S/c1-18-7-11-20(12-8-18)15-24-26(30)28(22-5-3-4-6-23(22)31-24)17-25(29)27-16-21-13-9-19(2)10-14-21/h3-15H,16-17H2,1-2H3,(H,27,29). The number of thioether (sulfide) groups is 1. The summed E-state index contributed by atoms with van der Waals surface area (Å²) in [5.41, 5.74) is 5.10. The molecule has 0 aromatic heterocycles. The number of fused-ring (bicyclic) bond motifs is 1. The SMILES string of the molecule is Cc1ccc(C=C2Sc3ccccc3N(CC(=O)NCc3ccc(C)cc3)C2=O)cc1. The summed E-state index contributed by atoms with van der Waals surface area (Å²) in [6.45, 7) is 4.48. The lowest BCUT2D eigenvalue weighted by atomic mass is 10.1. The zero-order valence-electron chi connectivity index (χ0n) is 17.6. The van der Waals surface area contributed by atoms with Crippen LogP contribution < -0.4 is 10.2 Å². The number of carbonyl (C=O) groups excluding carboxylic acids is 2. The van der Waals surface area contributed by atoms with E-state index in [0.29, 0.717) is 11.4 Å². The van der Waals surface area contributed by atoms with Gasteiger partial charge in [-0.15, -0.1) is 0 Å². The van der Waals surface area contributed by atoms with Gasteiger partial charge in [0.05, 0.1) is 10.6 Å². The second-order valence-electron chi connectivity index (χ2n) is 7.64. The third-order valence-corrected chi connectivity index (χ3v) is 6.20. The first-order valence-electron chi connectivity index (χ1n) is 10.2. The van der Waals surface area contributed by atoms with Crippen LogP contribution >= 0.6 is 11.8 Å². The number of nitrogens with one attached hydrogen (secondary N) is 1. The number of hydrogen-bond donors (Lipinski definition) is 1. The topological polar surface area (TPSA) is 49.4 Å². The van der Waals surface area contributed by atoms with Gasteiger partial charge < -0.3 is 5.32 Å². The highest BCUT2D eigenvalue weighted by molar-refractivity contribution is 8.04. The lowest BCUT2D eigenvalue weighted by Gasteiger charge is -2.29. The first kappa shape index (κ1) is 20.9. The molecule has 2 amide bonds. The number of nitrogens with zero attached hydrogens (tertiary/aromatic N) is 1. The molecule has 0 saturated heterocycles. The van der Waals surface area contributed by atoms with Crippen LogP contribution in [0.25, 0.3) is 6.08 Å². The number of para-hydroxylation sites is 1. The van der Waals surface area contributed by atoms with E-state index < -0.39 is 0 Å². The van der Waals surface area contributed by atoms with Crippen LogP contribution in [0.1, 0.15) is 22.3 Å². The summed E-state index contributed by atoms with van der Waals surface area (Å²) in [4.78, 5) is 29.1. The number of hydrogen-bond acceptors (Lipinski definition) is 3. The van der Waals surface area contributed by atoms with Gasteiger partial charge in [-0.2, -0.15) is 0 Å². The molecule has 1 N–H and O–H groups in total. The quantitative estimate of drug-likeness (QED) is 0.575. The van der Waals surface area contributed by atoms with E-state index in [2.05, 4.69) is 5.32 Å². The molecule has 0 bridgehead atoms. The van der Waals surface area contributed by atoms with Crippen molar-refractivity contribution in [2.24, 2.45) is 0 Å². The van der Waals surface area contributed by atoms with Gasteiger partial charge in [0, 0.05) is 11.4 Å². The first-order valence-corrected chi connectivity index (χ1v) is 11.0. The summed E-state index contributed by atoms with van der Waals surface area (Å²) >= 11 is 1.44. The normalized spacial score (nSPS) is 14.5. The monoisotopic (exact) mass is 428 g/mol. The predicted molar refractivity (Wildman–Crippen MR) is 127 cm³/mol. The van der Waals surface area contributed by atoms with Gasteiger partial charge in [-0.1, -0.05) is 83.6 Å². The molecule has 3 aromatic rings. The number of benzene rings is 3. The summed E-state index contributed by atoms with van der Waals surface area (Å²) in [5, 5.41) is 2.93. The van der Waals surface area contributed by atoms with E-state index in [9.17, 15) is 9.59 Å². The van der Waals surface area contributed by atoms with Crippen molar-refractivity contribution in [3.8, 4) is 0 Å². The zero-order valence-corrected chi connectivity index (χ0v) is 18.4. The maximum absolute atomic E-state index is 13.3. The number of rotatable bonds is 5. The number of aryl methyl sites for hydroxylation is 2. The van der Waals surface area contributed by atoms with Crippen LogP contribution in [-0.2, 0) is 16.1 Å². The van der Waals surface area contributed by atoms with Gasteiger partial charge >= 0.3 is 0 Å². The highest BCUT2D eigenvalue weighted by Crippen LogP contribution is 2.41. The maximum atomic E-state index is 13.3. The van der Waals surface area contributed by atoms with Crippen molar-refractivity contribution in [1.29, 1.82) is 0 Å². The second kappa shape index (κ2) is 9.23. The molecule has 0 saturated carbocycles.